The molecule has 12 heteroatoms. The predicted molar refractivity (Wildman–Crippen MR) is 110 cm³/mol. The number of aromatic amines is 1. The van der Waals surface area contributed by atoms with Crippen molar-refractivity contribution < 1.29 is 21.7 Å². The first kappa shape index (κ1) is 20.8. The summed E-state index contributed by atoms with van der Waals surface area (Å²) in [4.78, 5) is 0. The minimum atomic E-state index is -4.41. The maximum Gasteiger partial charge on any atom is 0.409 e. The van der Waals surface area contributed by atoms with E-state index in [0.717, 1.165) is 40.0 Å². The molecule has 4 rings (SSSR count). The number of hydrogen-bond acceptors (Lipinski definition) is 9. The highest BCUT2D eigenvalue weighted by Crippen LogP contribution is 2.30. The summed E-state index contributed by atoms with van der Waals surface area (Å²) in [6.07, 6.45) is 1.83. The van der Waals surface area contributed by atoms with Gasteiger partial charge in [0, 0.05) is 24.2 Å². The summed E-state index contributed by atoms with van der Waals surface area (Å²) in [6.45, 7) is 0. The lowest BCUT2D eigenvalue weighted by Gasteiger charge is -1.98. The fourth-order valence-corrected chi connectivity index (χ4v) is 3.46. The predicted octanol–water partition coefficient (Wildman–Crippen LogP) is 3.15. The summed E-state index contributed by atoms with van der Waals surface area (Å²) in [6, 6.07) is 12.1. The standard InChI is InChI=1S/C16H14N6S.CH4O4S/c1-17-11-3-5-12(6-4-11)19-21-16-22(2)14-8-13-10(9-18-20-13)7-15(14)23-16;1-5-6(2,3)4/h3-9H,1-2H3,(H,18,20);1H3,(H,2,3,4). The molecule has 0 radical (unpaired) electrons. The fraction of sp³-hybridized carbons (Fsp3) is 0.176. The van der Waals surface area contributed by atoms with E-state index in [1.54, 1.807) is 11.3 Å². The van der Waals surface area contributed by atoms with E-state index in [1.165, 1.54) is 4.70 Å². The van der Waals surface area contributed by atoms with Crippen molar-refractivity contribution in [1.82, 2.24) is 10.2 Å². The van der Waals surface area contributed by atoms with Crippen molar-refractivity contribution in [1.29, 1.82) is 0 Å². The Kier molecular flexibility index (Phi) is 6.17. The van der Waals surface area contributed by atoms with Gasteiger partial charge in [-0.05, 0) is 46.8 Å². The highest BCUT2D eigenvalue weighted by Gasteiger charge is 2.17. The molecular weight excluding hydrogens is 416 g/mol. The Labute approximate surface area is 170 Å². The summed E-state index contributed by atoms with van der Waals surface area (Å²) >= 11 is 1.62. The second-order valence-electron chi connectivity index (χ2n) is 5.79. The Morgan fingerprint density at radius 3 is 2.55 bits per heavy atom. The molecule has 2 aromatic heterocycles. The summed E-state index contributed by atoms with van der Waals surface area (Å²) in [5.41, 5.74) is 4.03. The van der Waals surface area contributed by atoms with Crippen molar-refractivity contribution in [3.05, 3.63) is 42.6 Å². The van der Waals surface area contributed by atoms with Gasteiger partial charge in [-0.3, -0.25) is 9.28 Å². The van der Waals surface area contributed by atoms with Crippen LogP contribution in [0, 0.1) is 0 Å². The first-order chi connectivity index (χ1) is 13.8. The second kappa shape index (κ2) is 8.61. The minimum absolute atomic E-state index is 0.808. The van der Waals surface area contributed by atoms with Crippen molar-refractivity contribution in [3.8, 4) is 0 Å². The summed E-state index contributed by atoms with van der Waals surface area (Å²) < 4.78 is 34.2. The molecule has 0 amide bonds. The number of aromatic nitrogens is 3. The Hall–Kier alpha value is -2.93. The van der Waals surface area contributed by atoms with Gasteiger partial charge in [-0.25, -0.2) is 13.0 Å². The van der Waals surface area contributed by atoms with Crippen molar-refractivity contribution in [3.63, 3.8) is 0 Å². The van der Waals surface area contributed by atoms with Crippen LogP contribution in [-0.2, 0) is 21.6 Å². The van der Waals surface area contributed by atoms with E-state index in [9.17, 15) is 13.0 Å². The molecule has 10 nitrogen and oxygen atoms in total. The van der Waals surface area contributed by atoms with E-state index >= 15 is 0 Å². The van der Waals surface area contributed by atoms with E-state index in [1.807, 2.05) is 49.1 Å². The highest BCUT2D eigenvalue weighted by atomic mass is 32.3. The van der Waals surface area contributed by atoms with Crippen LogP contribution < -0.4 is 9.88 Å². The molecule has 0 aliphatic rings. The number of fused-ring (bicyclic) bond motifs is 2. The Balaban J connectivity index is 0.000000353. The van der Waals surface area contributed by atoms with Gasteiger partial charge >= 0.3 is 5.13 Å². The van der Waals surface area contributed by atoms with Crippen LogP contribution in [0.15, 0.2) is 52.8 Å². The molecule has 4 aromatic rings. The normalized spacial score (nSPS) is 11.7. The molecule has 29 heavy (non-hydrogen) atoms. The number of rotatable bonds is 4. The van der Waals surface area contributed by atoms with Crippen molar-refractivity contribution >= 4 is 59.4 Å². The average molecular weight is 435 g/mol. The Morgan fingerprint density at radius 2 is 1.93 bits per heavy atom. The largest absolute Gasteiger partial charge is 0.726 e. The van der Waals surface area contributed by atoms with Crippen LogP contribution in [0.5, 0.6) is 0 Å². The number of aryl methyl sites for hydroxylation is 1. The van der Waals surface area contributed by atoms with Crippen LogP contribution in [0.1, 0.15) is 0 Å². The maximum absolute atomic E-state index is 9.22. The molecule has 152 valence electrons. The third kappa shape index (κ3) is 5.12. The zero-order valence-electron chi connectivity index (χ0n) is 15.8. The molecule has 0 aliphatic heterocycles. The monoisotopic (exact) mass is 434 g/mol. The van der Waals surface area contributed by atoms with Crippen molar-refractivity contribution in [2.45, 2.75) is 0 Å². The van der Waals surface area contributed by atoms with Crippen LogP contribution in [0.3, 0.4) is 0 Å². The van der Waals surface area contributed by atoms with Crippen LogP contribution in [0.25, 0.3) is 21.1 Å². The van der Waals surface area contributed by atoms with Gasteiger partial charge in [0.05, 0.1) is 35.7 Å². The third-order valence-electron chi connectivity index (χ3n) is 3.98. The summed E-state index contributed by atoms with van der Waals surface area (Å²) in [5.74, 6) is 0. The number of nitrogens with zero attached hydrogens (tertiary/aromatic N) is 4. The molecule has 0 bridgehead atoms. The number of benzene rings is 2. The van der Waals surface area contributed by atoms with Crippen LogP contribution in [0.2, 0.25) is 0 Å². The van der Waals surface area contributed by atoms with Gasteiger partial charge in [-0.15, -0.1) is 0 Å². The second-order valence-corrected chi connectivity index (χ2v) is 7.95. The lowest BCUT2D eigenvalue weighted by atomic mass is 10.2. The molecular formula is C17H18N6O4S2. The molecule has 0 atom stereocenters. The number of thiazole rings is 1. The lowest BCUT2D eigenvalue weighted by Crippen LogP contribution is -2.25. The summed E-state index contributed by atoms with van der Waals surface area (Å²) in [7, 11) is 0.289. The fourth-order valence-electron chi connectivity index (χ4n) is 2.46. The molecule has 2 heterocycles. The van der Waals surface area contributed by atoms with Gasteiger partial charge in [0.25, 0.3) is 0 Å². The number of H-pyrrole nitrogens is 1. The van der Waals surface area contributed by atoms with E-state index in [2.05, 4.69) is 42.1 Å². The van der Waals surface area contributed by atoms with Gasteiger partial charge < -0.3 is 9.87 Å². The lowest BCUT2D eigenvalue weighted by molar-refractivity contribution is -0.627. The Morgan fingerprint density at radius 1 is 1.24 bits per heavy atom. The number of anilines is 1. The van der Waals surface area contributed by atoms with Gasteiger partial charge in [-0.1, -0.05) is 0 Å². The van der Waals surface area contributed by atoms with E-state index in [4.69, 9.17) is 0 Å². The quantitative estimate of drug-likeness (QED) is 0.219. The van der Waals surface area contributed by atoms with Gasteiger partial charge in [-0.2, -0.15) is 5.10 Å². The first-order valence-electron chi connectivity index (χ1n) is 8.27. The molecule has 0 spiro atoms. The minimum Gasteiger partial charge on any atom is -0.726 e. The molecule has 0 unspecified atom stereocenters. The number of nitrogens with one attached hydrogen (secondary N) is 2. The van der Waals surface area contributed by atoms with Crippen molar-refractivity contribution in [2.24, 2.45) is 17.3 Å². The van der Waals surface area contributed by atoms with Gasteiger partial charge in [0.15, 0.2) is 0 Å². The SMILES string of the molecule is CNc1ccc(/N=N/c2sc3cc4cn[nH]c4cc3[n+]2C)cc1.COS(=O)(=O)[O-]. The van der Waals surface area contributed by atoms with E-state index in [-0.39, 0.29) is 0 Å². The van der Waals surface area contributed by atoms with Crippen molar-refractivity contribution in [2.75, 3.05) is 19.5 Å². The Bertz CT molecular complexity index is 1260. The zero-order chi connectivity index (χ0) is 21.0. The van der Waals surface area contributed by atoms with Crippen LogP contribution in [0.4, 0.5) is 16.5 Å². The number of hydrogen-bond donors (Lipinski definition) is 2. The zero-order valence-corrected chi connectivity index (χ0v) is 17.4. The van der Waals surface area contributed by atoms with Crippen LogP contribution >= 0.6 is 11.3 Å². The van der Waals surface area contributed by atoms with Gasteiger partial charge in [0.1, 0.15) is 11.2 Å². The van der Waals surface area contributed by atoms with E-state index in [0.29, 0.717) is 0 Å². The smallest absolute Gasteiger partial charge is 0.409 e. The topological polar surface area (TPSA) is 136 Å². The molecule has 2 aromatic carbocycles. The van der Waals surface area contributed by atoms with E-state index < -0.39 is 10.4 Å². The molecule has 0 aliphatic carbocycles. The average Bonchev–Trinajstić information content (AvgIpc) is 3.29. The molecule has 0 saturated carbocycles. The molecule has 0 saturated heterocycles. The maximum atomic E-state index is 9.22. The first-order valence-corrected chi connectivity index (χ1v) is 10.4. The molecule has 0 fully saturated rings. The number of azo groups is 1. The third-order valence-corrected chi connectivity index (χ3v) is 5.47. The summed E-state index contributed by atoms with van der Waals surface area (Å²) in [5, 5.41) is 20.9. The van der Waals surface area contributed by atoms with Gasteiger partial charge in [0.2, 0.25) is 10.4 Å². The highest BCUT2D eigenvalue weighted by molar-refractivity contribution is 7.80. The van der Waals surface area contributed by atoms with Crippen LogP contribution in [-0.4, -0.2) is 37.3 Å². The molecule has 2 N–H and O–H groups in total.